The molecule has 0 bridgehead atoms. The molecule has 0 aliphatic rings. The van der Waals surface area contributed by atoms with Gasteiger partial charge in [-0.25, -0.2) is 18.4 Å². The first-order valence-electron chi connectivity index (χ1n) is 7.22. The van der Waals surface area contributed by atoms with E-state index in [1.807, 2.05) is 0 Å². The summed E-state index contributed by atoms with van der Waals surface area (Å²) in [6, 6.07) is 9.06. The first-order valence-corrected chi connectivity index (χ1v) is 9.56. The predicted molar refractivity (Wildman–Crippen MR) is 96.1 cm³/mol. The van der Waals surface area contributed by atoms with Gasteiger partial charge in [0.1, 0.15) is 5.76 Å². The Morgan fingerprint density at radius 2 is 1.88 bits per heavy atom. The van der Waals surface area contributed by atoms with Gasteiger partial charge in [-0.2, -0.15) is 0 Å². The van der Waals surface area contributed by atoms with E-state index in [-0.39, 0.29) is 11.4 Å². The molecule has 0 aliphatic carbocycles. The van der Waals surface area contributed by atoms with Crippen molar-refractivity contribution in [2.75, 3.05) is 6.61 Å². The van der Waals surface area contributed by atoms with Gasteiger partial charge in [0, 0.05) is 12.6 Å². The summed E-state index contributed by atoms with van der Waals surface area (Å²) in [4.78, 5) is 23.2. The average Bonchev–Trinajstić information content (AvgIpc) is 3.01. The molecule has 0 spiro atoms. The fraction of sp³-hybridized carbons (Fsp3) is 0.125. The summed E-state index contributed by atoms with van der Waals surface area (Å²) in [6.07, 6.45) is 2.56. The normalized spacial score (nSPS) is 11.5. The van der Waals surface area contributed by atoms with E-state index in [0.717, 1.165) is 6.08 Å². The number of esters is 1. The molecule has 10 heteroatoms. The van der Waals surface area contributed by atoms with Crippen LogP contribution in [0.25, 0.3) is 6.08 Å². The lowest BCUT2D eigenvalue weighted by molar-refractivity contribution is -0.143. The van der Waals surface area contributed by atoms with Crippen molar-refractivity contribution in [3.63, 3.8) is 0 Å². The quantitative estimate of drug-likeness (QED) is 0.494. The number of amides is 1. The number of sulfonamides is 1. The summed E-state index contributed by atoms with van der Waals surface area (Å²) in [5.74, 6) is -0.727. The first kappa shape index (κ1) is 19.9. The van der Waals surface area contributed by atoms with Crippen LogP contribution in [-0.2, 0) is 30.9 Å². The zero-order chi connectivity index (χ0) is 19.2. The van der Waals surface area contributed by atoms with Gasteiger partial charge in [-0.15, -0.1) is 0 Å². The molecule has 0 aliphatic heterocycles. The molecule has 1 aromatic carbocycles. The molecule has 0 fully saturated rings. The molecule has 3 N–H and O–H groups in total. The number of rotatable bonds is 7. The van der Waals surface area contributed by atoms with Gasteiger partial charge in [0.05, 0.1) is 4.90 Å². The van der Waals surface area contributed by atoms with Crippen LogP contribution in [0.2, 0.25) is 0 Å². The van der Waals surface area contributed by atoms with Gasteiger partial charge in [0.25, 0.3) is 5.91 Å². The van der Waals surface area contributed by atoms with Crippen LogP contribution in [0.4, 0.5) is 0 Å². The van der Waals surface area contributed by atoms with Crippen molar-refractivity contribution in [3.8, 4) is 0 Å². The summed E-state index contributed by atoms with van der Waals surface area (Å²) in [5, 5.41) is 7.54. The zero-order valence-electron chi connectivity index (χ0n) is 13.3. The highest BCUT2D eigenvalue weighted by molar-refractivity contribution is 9.10. The fourth-order valence-electron chi connectivity index (χ4n) is 1.80. The number of halogens is 1. The second-order valence-corrected chi connectivity index (χ2v) is 7.39. The summed E-state index contributed by atoms with van der Waals surface area (Å²) in [5.41, 5.74) is 0.667. The van der Waals surface area contributed by atoms with Gasteiger partial charge in [0.2, 0.25) is 10.0 Å². The first-order chi connectivity index (χ1) is 12.2. The lowest BCUT2D eigenvalue weighted by atomic mass is 10.2. The Morgan fingerprint density at radius 3 is 2.46 bits per heavy atom. The molecule has 0 saturated heterocycles. The van der Waals surface area contributed by atoms with E-state index >= 15 is 0 Å². The van der Waals surface area contributed by atoms with Gasteiger partial charge in [-0.05, 0) is 51.8 Å². The lowest BCUT2D eigenvalue weighted by Gasteiger charge is -2.06. The van der Waals surface area contributed by atoms with Crippen LogP contribution in [0.3, 0.4) is 0 Å². The number of nitrogens with one attached hydrogen (secondary N) is 1. The van der Waals surface area contributed by atoms with Crippen LogP contribution in [0, 0.1) is 0 Å². The second kappa shape index (κ2) is 8.79. The SMILES string of the molecule is NS(=O)(=O)c1ccc(CNC(=O)COC(=O)/C=C/c2ccc(Br)o2)cc1. The number of hydrogen-bond donors (Lipinski definition) is 2. The van der Waals surface area contributed by atoms with E-state index < -0.39 is 28.5 Å². The fourth-order valence-corrected chi connectivity index (χ4v) is 2.64. The van der Waals surface area contributed by atoms with Crippen molar-refractivity contribution in [2.45, 2.75) is 11.4 Å². The maximum Gasteiger partial charge on any atom is 0.331 e. The molecule has 1 amide bonds. The van der Waals surface area contributed by atoms with Crippen LogP contribution in [0.1, 0.15) is 11.3 Å². The average molecular weight is 443 g/mol. The minimum Gasteiger partial charge on any atom is -0.452 e. The number of primary sulfonamides is 1. The Balaban J connectivity index is 1.75. The Hall–Kier alpha value is -2.43. The molecule has 2 rings (SSSR count). The molecule has 2 aromatic rings. The summed E-state index contributed by atoms with van der Waals surface area (Å²) in [7, 11) is -3.75. The third-order valence-corrected chi connectivity index (χ3v) is 4.42. The maximum atomic E-state index is 11.7. The molecule has 138 valence electrons. The van der Waals surface area contributed by atoms with Crippen molar-refractivity contribution in [1.82, 2.24) is 5.32 Å². The molecule has 26 heavy (non-hydrogen) atoms. The van der Waals surface area contributed by atoms with E-state index in [4.69, 9.17) is 14.3 Å². The molecule has 0 radical (unpaired) electrons. The molecule has 0 saturated carbocycles. The number of carbonyl (C=O) groups is 2. The monoisotopic (exact) mass is 442 g/mol. The van der Waals surface area contributed by atoms with Crippen LogP contribution in [0.5, 0.6) is 0 Å². The molecule has 1 aromatic heterocycles. The third kappa shape index (κ3) is 6.47. The van der Waals surface area contributed by atoms with Crippen molar-refractivity contribution >= 4 is 43.9 Å². The van der Waals surface area contributed by atoms with E-state index in [0.29, 0.717) is 16.0 Å². The molecule has 1 heterocycles. The zero-order valence-corrected chi connectivity index (χ0v) is 15.7. The molecular weight excluding hydrogens is 428 g/mol. The van der Waals surface area contributed by atoms with Gasteiger partial charge < -0.3 is 14.5 Å². The van der Waals surface area contributed by atoms with E-state index in [1.165, 1.54) is 30.3 Å². The van der Waals surface area contributed by atoms with Crippen LogP contribution >= 0.6 is 15.9 Å². The third-order valence-electron chi connectivity index (χ3n) is 3.06. The number of furan rings is 1. The van der Waals surface area contributed by atoms with Crippen molar-refractivity contribution in [3.05, 3.63) is 58.5 Å². The minimum atomic E-state index is -3.75. The predicted octanol–water partition coefficient (Wildman–Crippen LogP) is 1.56. The molecule has 8 nitrogen and oxygen atoms in total. The maximum absolute atomic E-state index is 11.7. The van der Waals surface area contributed by atoms with Gasteiger partial charge in [0.15, 0.2) is 11.3 Å². The number of nitrogens with two attached hydrogens (primary N) is 1. The molecule has 0 atom stereocenters. The van der Waals surface area contributed by atoms with E-state index in [1.54, 1.807) is 12.1 Å². The summed E-state index contributed by atoms with van der Waals surface area (Å²) < 4.78 is 32.8. The Kier molecular flexibility index (Phi) is 6.72. The minimum absolute atomic E-state index is 0.0168. The topological polar surface area (TPSA) is 129 Å². The van der Waals surface area contributed by atoms with Gasteiger partial charge >= 0.3 is 5.97 Å². The standard InChI is InChI=1S/C16H15BrN2O6S/c17-14-7-3-12(25-14)4-8-16(21)24-10-15(20)19-9-11-1-5-13(6-2-11)26(18,22)23/h1-8H,9-10H2,(H,19,20)(H2,18,22,23)/b8-4+. The van der Waals surface area contributed by atoms with Crippen LogP contribution in [-0.4, -0.2) is 26.9 Å². The smallest absolute Gasteiger partial charge is 0.331 e. The lowest BCUT2D eigenvalue weighted by Crippen LogP contribution is -2.28. The van der Waals surface area contributed by atoms with Crippen LogP contribution < -0.4 is 10.5 Å². The number of ether oxygens (including phenoxy) is 1. The van der Waals surface area contributed by atoms with Crippen molar-refractivity contribution in [2.24, 2.45) is 5.14 Å². The molecular formula is C16H15BrN2O6S. The highest BCUT2D eigenvalue weighted by Crippen LogP contribution is 2.15. The Labute approximate surface area is 158 Å². The van der Waals surface area contributed by atoms with E-state index in [2.05, 4.69) is 21.2 Å². The Morgan fingerprint density at radius 1 is 1.19 bits per heavy atom. The largest absolute Gasteiger partial charge is 0.452 e. The highest BCUT2D eigenvalue weighted by Gasteiger charge is 2.08. The number of hydrogen-bond acceptors (Lipinski definition) is 6. The molecule has 0 unspecified atom stereocenters. The summed E-state index contributed by atoms with van der Waals surface area (Å²) >= 11 is 3.13. The van der Waals surface area contributed by atoms with Crippen molar-refractivity contribution in [1.29, 1.82) is 0 Å². The van der Waals surface area contributed by atoms with Crippen LogP contribution in [0.15, 0.2) is 56.5 Å². The van der Waals surface area contributed by atoms with Gasteiger partial charge in [-0.1, -0.05) is 12.1 Å². The van der Waals surface area contributed by atoms with Crippen molar-refractivity contribution < 1.29 is 27.2 Å². The highest BCUT2D eigenvalue weighted by atomic mass is 79.9. The number of carbonyl (C=O) groups excluding carboxylic acids is 2. The van der Waals surface area contributed by atoms with E-state index in [9.17, 15) is 18.0 Å². The number of benzene rings is 1. The summed E-state index contributed by atoms with van der Waals surface area (Å²) in [6.45, 7) is -0.294. The van der Waals surface area contributed by atoms with Gasteiger partial charge in [-0.3, -0.25) is 4.79 Å². The second-order valence-electron chi connectivity index (χ2n) is 5.05. The Bertz CT molecular complexity index is 918.